The summed E-state index contributed by atoms with van der Waals surface area (Å²) in [5.74, 6) is -0.510. The zero-order chi connectivity index (χ0) is 23.8. The molecule has 2 aromatic carbocycles. The molecule has 0 spiro atoms. The third-order valence-electron chi connectivity index (χ3n) is 4.66. The Morgan fingerprint density at radius 1 is 1.15 bits per heavy atom. The third-order valence-corrected chi connectivity index (χ3v) is 4.66. The standard InChI is InChI=1S/C23H25FN4O5/c1-3-32-10-4-8-27-23(30)28-18-6-5-14(11-17(18)24)33-20-7-9-26-19-13-21(31-2)16(22(25)29)12-15(19)20/h5-7,9,11-13H,3-4,8,10H2,1-2H3,(H2,25,29)(H2,27,28,30). The van der Waals surface area contributed by atoms with Gasteiger partial charge in [0.05, 0.1) is 23.9 Å². The van der Waals surface area contributed by atoms with E-state index in [9.17, 15) is 14.0 Å². The zero-order valence-corrected chi connectivity index (χ0v) is 18.3. The second kappa shape index (κ2) is 11.1. The molecule has 0 aliphatic rings. The Morgan fingerprint density at radius 3 is 2.67 bits per heavy atom. The first-order valence-corrected chi connectivity index (χ1v) is 10.3. The smallest absolute Gasteiger partial charge is 0.319 e. The van der Waals surface area contributed by atoms with Crippen LogP contribution in [0.3, 0.4) is 0 Å². The minimum atomic E-state index is -0.671. The number of fused-ring (bicyclic) bond motifs is 1. The number of pyridine rings is 1. The molecule has 3 rings (SSSR count). The van der Waals surface area contributed by atoms with Crippen LogP contribution in [0.5, 0.6) is 17.2 Å². The number of nitrogens with one attached hydrogen (secondary N) is 2. The lowest BCUT2D eigenvalue weighted by molar-refractivity contribution is 0.0997. The SMILES string of the molecule is CCOCCCNC(=O)Nc1ccc(Oc2ccnc3cc(OC)c(C(N)=O)cc23)cc1F. The highest BCUT2D eigenvalue weighted by molar-refractivity contribution is 6.01. The Kier molecular flexibility index (Phi) is 7.98. The van der Waals surface area contributed by atoms with Crippen molar-refractivity contribution in [2.24, 2.45) is 5.73 Å². The highest BCUT2D eigenvalue weighted by atomic mass is 19.1. The number of methoxy groups -OCH3 is 1. The van der Waals surface area contributed by atoms with Crippen LogP contribution in [0.4, 0.5) is 14.9 Å². The number of anilines is 1. The number of carbonyl (C=O) groups excluding carboxylic acids is 2. The molecule has 0 unspecified atom stereocenters. The van der Waals surface area contributed by atoms with E-state index in [0.29, 0.717) is 42.8 Å². The minimum Gasteiger partial charge on any atom is -0.496 e. The van der Waals surface area contributed by atoms with E-state index in [4.69, 9.17) is 19.9 Å². The van der Waals surface area contributed by atoms with Gasteiger partial charge in [-0.2, -0.15) is 0 Å². The molecule has 10 heteroatoms. The lowest BCUT2D eigenvalue weighted by Gasteiger charge is -2.13. The van der Waals surface area contributed by atoms with E-state index in [2.05, 4.69) is 15.6 Å². The van der Waals surface area contributed by atoms with Crippen molar-refractivity contribution in [1.29, 1.82) is 0 Å². The average Bonchev–Trinajstić information content (AvgIpc) is 2.80. The van der Waals surface area contributed by atoms with E-state index in [1.54, 1.807) is 12.1 Å². The second-order valence-corrected chi connectivity index (χ2v) is 6.92. The molecule has 0 radical (unpaired) electrons. The van der Waals surface area contributed by atoms with Gasteiger partial charge in [0, 0.05) is 43.5 Å². The lowest BCUT2D eigenvalue weighted by Crippen LogP contribution is -2.30. The molecule has 4 N–H and O–H groups in total. The molecule has 9 nitrogen and oxygen atoms in total. The summed E-state index contributed by atoms with van der Waals surface area (Å²) >= 11 is 0. The number of rotatable bonds is 10. The van der Waals surface area contributed by atoms with Crippen LogP contribution in [0.2, 0.25) is 0 Å². The third kappa shape index (κ3) is 6.07. The second-order valence-electron chi connectivity index (χ2n) is 6.92. The number of aromatic nitrogens is 1. The van der Waals surface area contributed by atoms with Crippen molar-refractivity contribution in [2.75, 3.05) is 32.2 Å². The van der Waals surface area contributed by atoms with Crippen molar-refractivity contribution in [1.82, 2.24) is 10.3 Å². The molecule has 0 atom stereocenters. The topological polar surface area (TPSA) is 125 Å². The number of nitrogens with two attached hydrogens (primary N) is 1. The zero-order valence-electron chi connectivity index (χ0n) is 18.3. The molecular formula is C23H25FN4O5. The van der Waals surface area contributed by atoms with E-state index in [0.717, 1.165) is 6.07 Å². The molecule has 0 bridgehead atoms. The number of primary amides is 1. The highest BCUT2D eigenvalue weighted by Gasteiger charge is 2.15. The quantitative estimate of drug-likeness (QED) is 0.398. The number of benzene rings is 2. The molecule has 0 saturated heterocycles. The van der Waals surface area contributed by atoms with Crippen molar-refractivity contribution in [2.45, 2.75) is 13.3 Å². The fraction of sp³-hybridized carbons (Fsp3) is 0.261. The summed E-state index contributed by atoms with van der Waals surface area (Å²) in [5, 5.41) is 5.59. The summed E-state index contributed by atoms with van der Waals surface area (Å²) in [6.45, 7) is 3.45. The molecular weight excluding hydrogens is 431 g/mol. The molecule has 174 valence electrons. The molecule has 0 fully saturated rings. The fourth-order valence-corrected chi connectivity index (χ4v) is 3.07. The number of hydrogen-bond acceptors (Lipinski definition) is 6. The van der Waals surface area contributed by atoms with Crippen LogP contribution in [-0.2, 0) is 4.74 Å². The Bertz CT molecular complexity index is 1160. The van der Waals surface area contributed by atoms with Crippen LogP contribution < -0.4 is 25.8 Å². The number of carbonyl (C=O) groups is 2. The van der Waals surface area contributed by atoms with Crippen LogP contribution >= 0.6 is 0 Å². The average molecular weight is 456 g/mol. The Hall–Kier alpha value is -3.92. The molecule has 0 aliphatic carbocycles. The predicted molar refractivity (Wildman–Crippen MR) is 121 cm³/mol. The number of hydrogen-bond donors (Lipinski definition) is 3. The van der Waals surface area contributed by atoms with E-state index in [1.807, 2.05) is 6.92 Å². The van der Waals surface area contributed by atoms with Gasteiger partial charge in [0.1, 0.15) is 23.1 Å². The van der Waals surface area contributed by atoms with Crippen LogP contribution in [0.15, 0.2) is 42.6 Å². The maximum atomic E-state index is 14.6. The summed E-state index contributed by atoms with van der Waals surface area (Å²) in [5.41, 5.74) is 6.12. The predicted octanol–water partition coefficient (Wildman–Crippen LogP) is 3.82. The normalized spacial score (nSPS) is 10.6. The van der Waals surface area contributed by atoms with Crippen molar-refractivity contribution in [3.05, 3.63) is 54.0 Å². The van der Waals surface area contributed by atoms with Crippen LogP contribution in [0.25, 0.3) is 10.9 Å². The fourth-order valence-electron chi connectivity index (χ4n) is 3.07. The first-order chi connectivity index (χ1) is 15.9. The highest BCUT2D eigenvalue weighted by Crippen LogP contribution is 2.34. The summed E-state index contributed by atoms with van der Waals surface area (Å²) in [7, 11) is 1.42. The van der Waals surface area contributed by atoms with Gasteiger partial charge in [-0.25, -0.2) is 9.18 Å². The van der Waals surface area contributed by atoms with E-state index >= 15 is 0 Å². The van der Waals surface area contributed by atoms with Crippen LogP contribution in [-0.4, -0.2) is 43.8 Å². The molecule has 0 saturated carbocycles. The Balaban J connectivity index is 1.74. The maximum absolute atomic E-state index is 14.6. The first kappa shape index (κ1) is 23.7. The van der Waals surface area contributed by atoms with Gasteiger partial charge in [-0.1, -0.05) is 0 Å². The molecule has 1 heterocycles. The number of amides is 3. The van der Waals surface area contributed by atoms with Crippen molar-refractivity contribution >= 4 is 28.5 Å². The monoisotopic (exact) mass is 456 g/mol. The molecule has 0 aliphatic heterocycles. The van der Waals surface area contributed by atoms with E-state index in [1.165, 1.54) is 31.5 Å². The largest absolute Gasteiger partial charge is 0.496 e. The Labute approximate surface area is 190 Å². The molecule has 3 aromatic rings. The van der Waals surface area contributed by atoms with Gasteiger partial charge in [0.25, 0.3) is 5.91 Å². The van der Waals surface area contributed by atoms with Gasteiger partial charge in [0.15, 0.2) is 0 Å². The number of urea groups is 1. The van der Waals surface area contributed by atoms with Gasteiger partial charge in [-0.15, -0.1) is 0 Å². The van der Waals surface area contributed by atoms with Crippen LogP contribution in [0.1, 0.15) is 23.7 Å². The summed E-state index contributed by atoms with van der Waals surface area (Å²) in [6, 6.07) is 8.20. The van der Waals surface area contributed by atoms with Gasteiger partial charge >= 0.3 is 6.03 Å². The summed E-state index contributed by atoms with van der Waals surface area (Å²) in [4.78, 5) is 28.0. The van der Waals surface area contributed by atoms with E-state index in [-0.39, 0.29) is 22.7 Å². The van der Waals surface area contributed by atoms with Gasteiger partial charge < -0.3 is 30.6 Å². The first-order valence-electron chi connectivity index (χ1n) is 10.3. The summed E-state index contributed by atoms with van der Waals surface area (Å²) < 4.78 is 30.8. The molecule has 33 heavy (non-hydrogen) atoms. The van der Waals surface area contributed by atoms with Crippen molar-refractivity contribution in [3.8, 4) is 17.2 Å². The minimum absolute atomic E-state index is 0.00463. The van der Waals surface area contributed by atoms with E-state index < -0.39 is 17.8 Å². The van der Waals surface area contributed by atoms with Gasteiger partial charge in [-0.3, -0.25) is 9.78 Å². The summed E-state index contributed by atoms with van der Waals surface area (Å²) in [6.07, 6.45) is 2.17. The Morgan fingerprint density at radius 2 is 1.97 bits per heavy atom. The molecule has 1 aromatic heterocycles. The maximum Gasteiger partial charge on any atom is 0.319 e. The lowest BCUT2D eigenvalue weighted by atomic mass is 10.1. The number of nitrogens with zero attached hydrogens (tertiary/aromatic N) is 1. The van der Waals surface area contributed by atoms with Crippen molar-refractivity contribution < 1.29 is 28.2 Å². The van der Waals surface area contributed by atoms with Crippen LogP contribution in [0, 0.1) is 5.82 Å². The van der Waals surface area contributed by atoms with Crippen molar-refractivity contribution in [3.63, 3.8) is 0 Å². The molecule has 3 amide bonds. The number of ether oxygens (including phenoxy) is 3. The number of halogens is 1. The van der Waals surface area contributed by atoms with Gasteiger partial charge in [-0.05, 0) is 37.6 Å². The van der Waals surface area contributed by atoms with Gasteiger partial charge in [0.2, 0.25) is 0 Å².